The molecule has 2 saturated heterocycles. The van der Waals surface area contributed by atoms with E-state index < -0.39 is 5.97 Å². The van der Waals surface area contributed by atoms with Crippen LogP contribution in [0, 0.1) is 0 Å². The third-order valence-electron chi connectivity index (χ3n) is 6.26. The van der Waals surface area contributed by atoms with Crippen molar-refractivity contribution in [1.29, 1.82) is 0 Å². The highest BCUT2D eigenvalue weighted by Gasteiger charge is 2.34. The maximum Gasteiger partial charge on any atom is 0.339 e. The van der Waals surface area contributed by atoms with E-state index in [0.29, 0.717) is 38.7 Å². The number of carbonyl (C=O) groups excluding carboxylic acids is 2. The lowest BCUT2D eigenvalue weighted by Gasteiger charge is -2.20. The Kier molecular flexibility index (Phi) is 7.79. The van der Waals surface area contributed by atoms with Crippen molar-refractivity contribution in [1.82, 2.24) is 9.80 Å². The van der Waals surface area contributed by atoms with E-state index in [1.807, 2.05) is 30.3 Å². The van der Waals surface area contributed by atoms with E-state index in [4.69, 9.17) is 25.7 Å². The Labute approximate surface area is 224 Å². The molecule has 2 aliphatic rings. The molecule has 2 aliphatic heterocycles. The van der Waals surface area contributed by atoms with Crippen LogP contribution in [0.1, 0.15) is 29.0 Å². The van der Waals surface area contributed by atoms with E-state index in [1.54, 1.807) is 41.3 Å². The van der Waals surface area contributed by atoms with Gasteiger partial charge in [0.05, 0.1) is 28.3 Å². The Hall–Kier alpha value is -3.33. The molecule has 5 rings (SSSR count). The molecule has 2 fully saturated rings. The molecule has 2 aromatic carbocycles. The smallest absolute Gasteiger partial charge is 0.339 e. The summed E-state index contributed by atoms with van der Waals surface area (Å²) in [6.45, 7) is 3.54. The third kappa shape index (κ3) is 5.82. The number of furan rings is 1. The van der Waals surface area contributed by atoms with E-state index in [2.05, 4.69) is 4.90 Å². The second-order valence-corrected chi connectivity index (χ2v) is 10.2. The van der Waals surface area contributed by atoms with Crippen molar-refractivity contribution in [3.63, 3.8) is 0 Å². The van der Waals surface area contributed by atoms with Gasteiger partial charge in [-0.25, -0.2) is 9.79 Å². The fourth-order valence-corrected chi connectivity index (χ4v) is 5.51. The molecule has 0 N–H and O–H groups in total. The number of rotatable bonds is 7. The van der Waals surface area contributed by atoms with Gasteiger partial charge >= 0.3 is 5.97 Å². The van der Waals surface area contributed by atoms with Crippen LogP contribution < -0.4 is 0 Å². The molecule has 0 bridgehead atoms. The summed E-state index contributed by atoms with van der Waals surface area (Å²) in [5.41, 5.74) is 1.74. The van der Waals surface area contributed by atoms with Crippen molar-refractivity contribution >= 4 is 52.2 Å². The molecule has 9 heteroatoms. The minimum atomic E-state index is -0.520. The normalized spacial score (nSPS) is 18.3. The molecule has 190 valence electrons. The second kappa shape index (κ2) is 11.4. The zero-order valence-electron chi connectivity index (χ0n) is 20.4. The van der Waals surface area contributed by atoms with Gasteiger partial charge in [0.2, 0.25) is 0 Å². The van der Waals surface area contributed by atoms with Crippen LogP contribution in [0.3, 0.4) is 0 Å². The number of para-hydroxylation sites is 1. The standard InChI is InChI=1S/C28H26ClN3O4S/c1-35-27(34)22-17-19(9-11-23(22)29)24-12-10-21(36-24)18-25-26(33)32(16-15-31-13-5-6-14-31)28(37-25)30-20-7-3-2-4-8-20/h2-4,7-12,17-18H,5-6,13-16H2,1H3/b25-18+,30-28?. The van der Waals surface area contributed by atoms with Gasteiger partial charge < -0.3 is 14.1 Å². The van der Waals surface area contributed by atoms with Gasteiger partial charge in [0.1, 0.15) is 11.5 Å². The maximum absolute atomic E-state index is 13.4. The highest BCUT2D eigenvalue weighted by atomic mass is 35.5. The quantitative estimate of drug-likeness (QED) is 0.269. The van der Waals surface area contributed by atoms with Crippen molar-refractivity contribution < 1.29 is 18.7 Å². The highest BCUT2D eigenvalue weighted by Crippen LogP contribution is 2.35. The number of amidine groups is 1. The maximum atomic E-state index is 13.4. The zero-order valence-corrected chi connectivity index (χ0v) is 21.9. The summed E-state index contributed by atoms with van der Waals surface area (Å²) in [5.74, 6) is 0.471. The number of benzene rings is 2. The Balaban J connectivity index is 1.40. The number of likely N-dealkylation sites (tertiary alicyclic amines) is 1. The van der Waals surface area contributed by atoms with Crippen LogP contribution in [0.5, 0.6) is 0 Å². The molecule has 1 aromatic heterocycles. The Morgan fingerprint density at radius 3 is 2.65 bits per heavy atom. The molecule has 0 spiro atoms. The SMILES string of the molecule is COC(=O)c1cc(-c2ccc(/C=C3/SC(=Nc4ccccc4)N(CCN4CCCC4)C3=O)o2)ccc1Cl. The lowest BCUT2D eigenvalue weighted by Crippen LogP contribution is -2.36. The van der Waals surface area contributed by atoms with Gasteiger partial charge in [0.15, 0.2) is 5.17 Å². The first kappa shape index (κ1) is 25.3. The number of esters is 1. The van der Waals surface area contributed by atoms with Crippen molar-refractivity contribution in [3.8, 4) is 11.3 Å². The van der Waals surface area contributed by atoms with Gasteiger partial charge in [-0.3, -0.25) is 9.69 Å². The van der Waals surface area contributed by atoms with Gasteiger partial charge in [0, 0.05) is 24.7 Å². The van der Waals surface area contributed by atoms with Crippen LogP contribution in [0.4, 0.5) is 5.69 Å². The molecule has 0 radical (unpaired) electrons. The summed E-state index contributed by atoms with van der Waals surface area (Å²) in [5, 5.41) is 0.963. The van der Waals surface area contributed by atoms with Crippen LogP contribution in [-0.4, -0.2) is 60.1 Å². The van der Waals surface area contributed by atoms with Gasteiger partial charge in [-0.2, -0.15) is 0 Å². The lowest BCUT2D eigenvalue weighted by atomic mass is 10.1. The zero-order chi connectivity index (χ0) is 25.8. The molecule has 7 nitrogen and oxygen atoms in total. The first-order valence-corrected chi connectivity index (χ1v) is 13.3. The predicted molar refractivity (Wildman–Crippen MR) is 147 cm³/mol. The molecular weight excluding hydrogens is 510 g/mol. The molecule has 0 unspecified atom stereocenters. The van der Waals surface area contributed by atoms with Crippen LogP contribution in [0.25, 0.3) is 17.4 Å². The van der Waals surface area contributed by atoms with Crippen LogP contribution in [0.2, 0.25) is 5.02 Å². The Morgan fingerprint density at radius 2 is 1.89 bits per heavy atom. The van der Waals surface area contributed by atoms with Crippen molar-refractivity contribution in [2.24, 2.45) is 4.99 Å². The number of aliphatic imine (C=N–C) groups is 1. The van der Waals surface area contributed by atoms with E-state index in [0.717, 1.165) is 25.3 Å². The first-order valence-electron chi connectivity index (χ1n) is 12.1. The molecule has 37 heavy (non-hydrogen) atoms. The largest absolute Gasteiger partial charge is 0.465 e. The van der Waals surface area contributed by atoms with E-state index >= 15 is 0 Å². The summed E-state index contributed by atoms with van der Waals surface area (Å²) in [6, 6.07) is 18.3. The van der Waals surface area contributed by atoms with E-state index in [1.165, 1.54) is 31.7 Å². The predicted octanol–water partition coefficient (Wildman–Crippen LogP) is 6.09. The Bertz CT molecular complexity index is 1360. The van der Waals surface area contributed by atoms with Crippen molar-refractivity contribution in [2.45, 2.75) is 12.8 Å². The minimum absolute atomic E-state index is 0.0868. The monoisotopic (exact) mass is 535 g/mol. The number of thioether (sulfide) groups is 1. The molecular formula is C28H26ClN3O4S. The number of carbonyl (C=O) groups is 2. The molecule has 1 amide bonds. The fraction of sp³-hybridized carbons (Fsp3) is 0.250. The number of methoxy groups -OCH3 is 1. The summed E-state index contributed by atoms with van der Waals surface area (Å²) in [7, 11) is 1.31. The number of halogens is 1. The van der Waals surface area contributed by atoms with Crippen molar-refractivity contribution in [2.75, 3.05) is 33.3 Å². The van der Waals surface area contributed by atoms with Crippen LogP contribution in [-0.2, 0) is 9.53 Å². The van der Waals surface area contributed by atoms with Crippen molar-refractivity contribution in [3.05, 3.63) is 81.9 Å². The van der Waals surface area contributed by atoms with Crippen LogP contribution >= 0.6 is 23.4 Å². The molecule has 0 atom stereocenters. The summed E-state index contributed by atoms with van der Waals surface area (Å²) in [4.78, 5) is 34.9. The average molecular weight is 536 g/mol. The average Bonchev–Trinajstić information content (AvgIpc) is 3.66. The number of ether oxygens (including phenoxy) is 1. The molecule has 3 aromatic rings. The van der Waals surface area contributed by atoms with Crippen LogP contribution in [0.15, 0.2) is 75.0 Å². The molecule has 3 heterocycles. The number of hydrogen-bond donors (Lipinski definition) is 0. The summed E-state index contributed by atoms with van der Waals surface area (Å²) >= 11 is 7.49. The van der Waals surface area contributed by atoms with Gasteiger partial charge in [0.25, 0.3) is 5.91 Å². The van der Waals surface area contributed by atoms with Gasteiger partial charge in [-0.1, -0.05) is 29.8 Å². The topological polar surface area (TPSA) is 75.3 Å². The summed E-state index contributed by atoms with van der Waals surface area (Å²) < 4.78 is 10.8. The first-order chi connectivity index (χ1) is 18.0. The molecule has 0 saturated carbocycles. The highest BCUT2D eigenvalue weighted by molar-refractivity contribution is 8.18. The van der Waals surface area contributed by atoms with Gasteiger partial charge in [-0.05, 0) is 80.2 Å². The number of hydrogen-bond acceptors (Lipinski definition) is 7. The van der Waals surface area contributed by atoms with E-state index in [9.17, 15) is 9.59 Å². The lowest BCUT2D eigenvalue weighted by molar-refractivity contribution is -0.122. The minimum Gasteiger partial charge on any atom is -0.465 e. The molecule has 0 aliphatic carbocycles. The van der Waals surface area contributed by atoms with E-state index in [-0.39, 0.29) is 11.5 Å². The summed E-state index contributed by atoms with van der Waals surface area (Å²) in [6.07, 6.45) is 4.15. The third-order valence-corrected chi connectivity index (χ3v) is 7.60. The van der Waals surface area contributed by atoms with Gasteiger partial charge in [-0.15, -0.1) is 0 Å². The number of nitrogens with zero attached hydrogens (tertiary/aromatic N) is 3. The fourth-order valence-electron chi connectivity index (χ4n) is 4.31. The second-order valence-electron chi connectivity index (χ2n) is 8.73. The number of amides is 1. The Morgan fingerprint density at radius 1 is 1.11 bits per heavy atom.